The monoisotopic (exact) mass is 256 g/mol. The van der Waals surface area contributed by atoms with Crippen LogP contribution in [0.1, 0.15) is 24.8 Å². The second kappa shape index (κ2) is 7.54. The highest BCUT2D eigenvalue weighted by Crippen LogP contribution is 2.23. The van der Waals surface area contributed by atoms with Crippen molar-refractivity contribution >= 4 is 17.3 Å². The average Bonchev–Trinajstić information content (AvgIpc) is 2.30. The molecule has 0 fully saturated rings. The normalized spacial score (nSPS) is 11.1. The molecule has 1 aromatic carbocycles. The molecule has 1 aromatic rings. The minimum Gasteiger partial charge on any atom is -0.398 e. The van der Waals surface area contributed by atoms with Crippen molar-refractivity contribution in [2.24, 2.45) is 0 Å². The maximum Gasteiger partial charge on any atom is 0.0471 e. The number of hydrogen-bond acceptors (Lipinski definition) is 3. The Kier molecular flexibility index (Phi) is 6.34. The van der Waals surface area contributed by atoms with Crippen LogP contribution >= 0.6 is 11.6 Å². The highest BCUT2D eigenvalue weighted by molar-refractivity contribution is 6.31. The number of nitrogens with two attached hydrogens (primary N) is 1. The van der Waals surface area contributed by atoms with Crippen molar-refractivity contribution in [3.05, 3.63) is 28.8 Å². The smallest absolute Gasteiger partial charge is 0.0471 e. The molecule has 0 atom stereocenters. The van der Waals surface area contributed by atoms with Gasteiger partial charge in [-0.25, -0.2) is 0 Å². The third kappa shape index (κ3) is 4.94. The summed E-state index contributed by atoms with van der Waals surface area (Å²) in [4.78, 5) is 2.20. The minimum absolute atomic E-state index is 0.279. The number of nitrogen functional groups attached to an aromatic ring is 1. The largest absolute Gasteiger partial charge is 0.398 e. The number of benzene rings is 1. The molecule has 0 aliphatic heterocycles. The molecule has 0 unspecified atom stereocenters. The Bertz CT molecular complexity index is 324. The van der Waals surface area contributed by atoms with Crippen LogP contribution in [0.25, 0.3) is 0 Å². The van der Waals surface area contributed by atoms with Crippen LogP contribution in [0.2, 0.25) is 5.02 Å². The molecule has 0 bridgehead atoms. The van der Waals surface area contributed by atoms with E-state index in [1.807, 2.05) is 18.2 Å². The first-order valence-corrected chi connectivity index (χ1v) is 6.35. The quantitative estimate of drug-likeness (QED) is 0.582. The van der Waals surface area contributed by atoms with E-state index in [1.165, 1.54) is 0 Å². The van der Waals surface area contributed by atoms with Gasteiger partial charge in [-0.2, -0.15) is 0 Å². The van der Waals surface area contributed by atoms with Crippen molar-refractivity contribution in [2.45, 2.75) is 25.8 Å². The van der Waals surface area contributed by atoms with Crippen molar-refractivity contribution in [3.63, 3.8) is 0 Å². The Labute approximate surface area is 108 Å². The van der Waals surface area contributed by atoms with E-state index in [0.29, 0.717) is 0 Å². The fourth-order valence-electron chi connectivity index (χ4n) is 1.76. The molecule has 0 amide bonds. The first-order chi connectivity index (χ1) is 8.15. The molecule has 0 aromatic heterocycles. The van der Waals surface area contributed by atoms with Gasteiger partial charge in [-0.3, -0.25) is 0 Å². The molecule has 0 spiro atoms. The first-order valence-electron chi connectivity index (χ1n) is 5.97. The topological polar surface area (TPSA) is 49.5 Å². The number of unbranched alkanes of at least 4 members (excludes halogenated alkanes) is 2. The summed E-state index contributed by atoms with van der Waals surface area (Å²) in [5, 5.41) is 9.42. The zero-order chi connectivity index (χ0) is 12.7. The molecule has 0 heterocycles. The van der Waals surface area contributed by atoms with Crippen LogP contribution in [0, 0.1) is 0 Å². The van der Waals surface area contributed by atoms with Crippen molar-refractivity contribution < 1.29 is 5.11 Å². The third-order valence-corrected chi connectivity index (χ3v) is 3.14. The lowest BCUT2D eigenvalue weighted by molar-refractivity contribution is 0.271. The summed E-state index contributed by atoms with van der Waals surface area (Å²) in [7, 11) is 2.06. The number of hydrogen-bond donors (Lipinski definition) is 2. The SMILES string of the molecule is CN(CCCCCO)Cc1c(N)cccc1Cl. The van der Waals surface area contributed by atoms with Crippen LogP contribution in [0.4, 0.5) is 5.69 Å². The van der Waals surface area contributed by atoms with Crippen molar-refractivity contribution in [1.29, 1.82) is 0 Å². The van der Waals surface area contributed by atoms with Gasteiger partial charge in [0.25, 0.3) is 0 Å². The molecule has 0 radical (unpaired) electrons. The zero-order valence-electron chi connectivity index (χ0n) is 10.3. The maximum atomic E-state index is 8.69. The van der Waals surface area contributed by atoms with Gasteiger partial charge in [0.05, 0.1) is 0 Å². The molecular weight excluding hydrogens is 236 g/mol. The van der Waals surface area contributed by atoms with Crippen molar-refractivity contribution in [1.82, 2.24) is 4.90 Å². The van der Waals surface area contributed by atoms with Gasteiger partial charge in [0.2, 0.25) is 0 Å². The minimum atomic E-state index is 0.279. The third-order valence-electron chi connectivity index (χ3n) is 2.78. The van der Waals surface area contributed by atoms with Gasteiger partial charge in [0, 0.05) is 29.4 Å². The average molecular weight is 257 g/mol. The number of nitrogens with zero attached hydrogens (tertiary/aromatic N) is 1. The Morgan fingerprint density at radius 3 is 2.71 bits per heavy atom. The summed E-state index contributed by atoms with van der Waals surface area (Å²) in [6, 6.07) is 5.61. The van der Waals surface area contributed by atoms with Gasteiger partial charge in [0.1, 0.15) is 0 Å². The van der Waals surface area contributed by atoms with E-state index >= 15 is 0 Å². The molecule has 4 heteroatoms. The summed E-state index contributed by atoms with van der Waals surface area (Å²) in [6.07, 6.45) is 3.02. The predicted molar refractivity (Wildman–Crippen MR) is 73.1 cm³/mol. The summed E-state index contributed by atoms with van der Waals surface area (Å²) >= 11 is 6.12. The molecule has 0 saturated carbocycles. The van der Waals surface area contributed by atoms with Crippen LogP contribution in [-0.4, -0.2) is 30.2 Å². The summed E-state index contributed by atoms with van der Waals surface area (Å²) in [6.45, 7) is 2.04. The van der Waals surface area contributed by atoms with Crippen LogP contribution in [0.15, 0.2) is 18.2 Å². The molecule has 96 valence electrons. The Balaban J connectivity index is 2.42. The number of aliphatic hydroxyl groups excluding tert-OH is 1. The van der Waals surface area contributed by atoms with Gasteiger partial charge in [-0.15, -0.1) is 0 Å². The van der Waals surface area contributed by atoms with E-state index in [2.05, 4.69) is 11.9 Å². The molecule has 0 aliphatic rings. The van der Waals surface area contributed by atoms with Crippen molar-refractivity contribution in [3.8, 4) is 0 Å². The molecule has 1 rings (SSSR count). The van der Waals surface area contributed by atoms with E-state index in [0.717, 1.165) is 48.6 Å². The summed E-state index contributed by atoms with van der Waals surface area (Å²) in [5.74, 6) is 0. The second-order valence-corrected chi connectivity index (χ2v) is 4.74. The molecule has 0 aliphatic carbocycles. The van der Waals surface area contributed by atoms with Gasteiger partial charge in [-0.1, -0.05) is 17.7 Å². The standard InChI is InChI=1S/C13H21ClN2O/c1-16(8-3-2-4-9-17)10-11-12(14)6-5-7-13(11)15/h5-7,17H,2-4,8-10,15H2,1H3. The summed E-state index contributed by atoms with van der Waals surface area (Å²) in [5.41, 5.74) is 7.65. The highest BCUT2D eigenvalue weighted by atomic mass is 35.5. The number of halogens is 1. The van der Waals surface area contributed by atoms with Crippen molar-refractivity contribution in [2.75, 3.05) is 25.9 Å². The maximum absolute atomic E-state index is 8.69. The van der Waals surface area contributed by atoms with E-state index < -0.39 is 0 Å². The Morgan fingerprint density at radius 1 is 1.29 bits per heavy atom. The molecule has 3 N–H and O–H groups in total. The number of anilines is 1. The fraction of sp³-hybridized carbons (Fsp3) is 0.538. The number of aliphatic hydroxyl groups is 1. The fourth-order valence-corrected chi connectivity index (χ4v) is 2.00. The van der Waals surface area contributed by atoms with Crippen LogP contribution in [0.5, 0.6) is 0 Å². The molecular formula is C13H21ClN2O. The van der Waals surface area contributed by atoms with E-state index in [-0.39, 0.29) is 6.61 Å². The molecule has 0 saturated heterocycles. The van der Waals surface area contributed by atoms with Gasteiger partial charge in [0.15, 0.2) is 0 Å². The Morgan fingerprint density at radius 2 is 2.06 bits per heavy atom. The first kappa shape index (κ1) is 14.3. The predicted octanol–water partition coefficient (Wildman–Crippen LogP) is 2.52. The Hall–Kier alpha value is -0.770. The lowest BCUT2D eigenvalue weighted by Gasteiger charge is -2.18. The molecule has 17 heavy (non-hydrogen) atoms. The van der Waals surface area contributed by atoms with Gasteiger partial charge < -0.3 is 15.7 Å². The highest BCUT2D eigenvalue weighted by Gasteiger charge is 2.07. The second-order valence-electron chi connectivity index (χ2n) is 4.33. The number of rotatable bonds is 7. The lowest BCUT2D eigenvalue weighted by atomic mass is 10.1. The zero-order valence-corrected chi connectivity index (χ0v) is 11.1. The molecule has 3 nitrogen and oxygen atoms in total. The van der Waals surface area contributed by atoms with E-state index in [9.17, 15) is 0 Å². The van der Waals surface area contributed by atoms with Crippen LogP contribution in [-0.2, 0) is 6.54 Å². The van der Waals surface area contributed by atoms with E-state index in [1.54, 1.807) is 0 Å². The van der Waals surface area contributed by atoms with E-state index in [4.69, 9.17) is 22.4 Å². The lowest BCUT2D eigenvalue weighted by Crippen LogP contribution is -2.20. The van der Waals surface area contributed by atoms with Gasteiger partial charge >= 0.3 is 0 Å². The summed E-state index contributed by atoms with van der Waals surface area (Å²) < 4.78 is 0. The van der Waals surface area contributed by atoms with Crippen LogP contribution < -0.4 is 5.73 Å². The van der Waals surface area contributed by atoms with Crippen LogP contribution in [0.3, 0.4) is 0 Å². The van der Waals surface area contributed by atoms with Gasteiger partial charge in [-0.05, 0) is 45.0 Å².